The first-order valence-corrected chi connectivity index (χ1v) is 5.31. The molecule has 0 aromatic rings. The van der Waals surface area contributed by atoms with Crippen molar-refractivity contribution in [2.75, 3.05) is 0 Å². The van der Waals surface area contributed by atoms with Gasteiger partial charge in [-0.05, 0) is 5.92 Å². The van der Waals surface area contributed by atoms with E-state index in [1.807, 2.05) is 13.8 Å². The monoisotopic (exact) mass is 158 g/mol. The first kappa shape index (κ1) is 13.6. The maximum Gasteiger partial charge on any atom is -0.0445 e. The minimum absolute atomic E-state index is 0.955. The van der Waals surface area contributed by atoms with E-state index in [1.54, 1.807) is 0 Å². The molecule has 0 heteroatoms. The maximum atomic E-state index is 2.34. The second kappa shape index (κ2) is 12.7. The molecule has 0 aromatic heterocycles. The van der Waals surface area contributed by atoms with Crippen molar-refractivity contribution >= 4 is 0 Å². The van der Waals surface area contributed by atoms with Crippen LogP contribution in [0.5, 0.6) is 0 Å². The molecule has 0 saturated carbocycles. The normalized spacial score (nSPS) is 11.7. The molecule has 0 aliphatic heterocycles. The molecule has 0 aliphatic rings. The summed E-state index contributed by atoms with van der Waals surface area (Å²) in [5.74, 6) is 0.955. The van der Waals surface area contributed by atoms with Crippen molar-refractivity contribution in [2.24, 2.45) is 5.92 Å². The van der Waals surface area contributed by atoms with Gasteiger partial charge in [0.25, 0.3) is 0 Å². The zero-order chi connectivity index (χ0) is 9.11. The number of hydrogen-bond acceptors (Lipinski definition) is 0. The van der Waals surface area contributed by atoms with Crippen molar-refractivity contribution < 1.29 is 0 Å². The highest BCUT2D eigenvalue weighted by atomic mass is 14.0. The van der Waals surface area contributed by atoms with Crippen LogP contribution in [0.4, 0.5) is 0 Å². The van der Waals surface area contributed by atoms with Gasteiger partial charge >= 0.3 is 0 Å². The van der Waals surface area contributed by atoms with Crippen LogP contribution in [0.25, 0.3) is 0 Å². The lowest BCUT2D eigenvalue weighted by Gasteiger charge is -2.05. The minimum Gasteiger partial charge on any atom is -0.0683 e. The van der Waals surface area contributed by atoms with E-state index in [0.29, 0.717) is 0 Å². The molecule has 0 spiro atoms. The smallest absolute Gasteiger partial charge is 0.0445 e. The van der Waals surface area contributed by atoms with Crippen molar-refractivity contribution in [3.8, 4) is 0 Å². The lowest BCUT2D eigenvalue weighted by Crippen LogP contribution is -1.90. The van der Waals surface area contributed by atoms with E-state index in [2.05, 4.69) is 20.8 Å². The highest BCUT2D eigenvalue weighted by molar-refractivity contribution is 4.49. The Bertz CT molecular complexity index is 48.0. The van der Waals surface area contributed by atoms with Crippen molar-refractivity contribution in [3.63, 3.8) is 0 Å². The molecule has 0 nitrogen and oxygen atoms in total. The Labute approximate surface area is 73.4 Å². The Morgan fingerprint density at radius 3 is 1.91 bits per heavy atom. The average molecular weight is 158 g/mol. The van der Waals surface area contributed by atoms with E-state index in [9.17, 15) is 0 Å². The van der Waals surface area contributed by atoms with Crippen LogP contribution >= 0.6 is 0 Å². The van der Waals surface area contributed by atoms with Gasteiger partial charge in [0.05, 0.1) is 0 Å². The summed E-state index contributed by atoms with van der Waals surface area (Å²) in [6.07, 6.45) is 7.00. The molecule has 0 amide bonds. The van der Waals surface area contributed by atoms with Gasteiger partial charge in [0, 0.05) is 0 Å². The molecule has 11 heavy (non-hydrogen) atoms. The number of unbranched alkanes of at least 4 members (excludes halogenated alkanes) is 2. The van der Waals surface area contributed by atoms with Crippen LogP contribution < -0.4 is 0 Å². The van der Waals surface area contributed by atoms with E-state index in [0.717, 1.165) is 5.92 Å². The van der Waals surface area contributed by atoms with Gasteiger partial charge in [-0.15, -0.1) is 0 Å². The van der Waals surface area contributed by atoms with Crippen molar-refractivity contribution in [1.29, 1.82) is 0 Å². The predicted octanol–water partition coefficient (Wildman–Crippen LogP) is 4.64. The number of hydrogen-bond donors (Lipinski definition) is 0. The Morgan fingerprint density at radius 2 is 1.55 bits per heavy atom. The van der Waals surface area contributed by atoms with E-state index in [4.69, 9.17) is 0 Å². The average Bonchev–Trinajstić information content (AvgIpc) is 2.08. The van der Waals surface area contributed by atoms with Crippen molar-refractivity contribution in [3.05, 3.63) is 0 Å². The first-order valence-electron chi connectivity index (χ1n) is 5.31. The predicted molar refractivity (Wildman–Crippen MR) is 54.9 cm³/mol. The van der Waals surface area contributed by atoms with Crippen LogP contribution in [0.1, 0.15) is 66.7 Å². The third-order valence-electron chi connectivity index (χ3n) is 2.00. The minimum atomic E-state index is 0.955. The fourth-order valence-corrected chi connectivity index (χ4v) is 0.947. The zero-order valence-electron chi connectivity index (χ0n) is 9.11. The van der Waals surface area contributed by atoms with Gasteiger partial charge in [0.2, 0.25) is 0 Å². The fourth-order valence-electron chi connectivity index (χ4n) is 0.947. The molecule has 0 aliphatic carbocycles. The molecule has 70 valence electrons. The summed E-state index contributed by atoms with van der Waals surface area (Å²) in [6.45, 7) is 10.9. The number of rotatable bonds is 5. The van der Waals surface area contributed by atoms with Crippen LogP contribution in [-0.4, -0.2) is 0 Å². The van der Waals surface area contributed by atoms with Gasteiger partial charge in [-0.1, -0.05) is 66.7 Å². The van der Waals surface area contributed by atoms with E-state index >= 15 is 0 Å². The third kappa shape index (κ3) is 13.1. The largest absolute Gasteiger partial charge is 0.0683 e. The lowest BCUT2D eigenvalue weighted by molar-refractivity contribution is 0.482. The fraction of sp³-hybridized carbons (Fsp3) is 1.00. The topological polar surface area (TPSA) is 0 Å². The summed E-state index contributed by atoms with van der Waals surface area (Å²) in [7, 11) is 0. The molecule has 0 N–H and O–H groups in total. The SMILES string of the molecule is CC.CCCCC[C@@H](C)CC. The molecule has 0 unspecified atom stereocenters. The Balaban J connectivity index is 0. The standard InChI is InChI=1S/C9H20.C2H6/c1-4-6-7-8-9(3)5-2;1-2/h9H,4-8H2,1-3H3;1-2H3/t9-;/m0./s1. The van der Waals surface area contributed by atoms with Crippen molar-refractivity contribution in [2.45, 2.75) is 66.7 Å². The van der Waals surface area contributed by atoms with E-state index in [1.165, 1.54) is 32.1 Å². The molecule has 0 bridgehead atoms. The van der Waals surface area contributed by atoms with Gasteiger partial charge < -0.3 is 0 Å². The van der Waals surface area contributed by atoms with Crippen LogP contribution in [0.15, 0.2) is 0 Å². The first-order chi connectivity index (χ1) is 5.31. The summed E-state index contributed by atoms with van der Waals surface area (Å²) in [5.41, 5.74) is 0. The van der Waals surface area contributed by atoms with Crippen LogP contribution in [0.2, 0.25) is 0 Å². The van der Waals surface area contributed by atoms with Crippen LogP contribution in [0, 0.1) is 5.92 Å². The second-order valence-corrected chi connectivity index (χ2v) is 3.01. The third-order valence-corrected chi connectivity index (χ3v) is 2.00. The van der Waals surface area contributed by atoms with Crippen LogP contribution in [-0.2, 0) is 0 Å². The summed E-state index contributed by atoms with van der Waals surface area (Å²) in [5, 5.41) is 0. The lowest BCUT2D eigenvalue weighted by atomic mass is 10.0. The van der Waals surface area contributed by atoms with Crippen LogP contribution in [0.3, 0.4) is 0 Å². The summed E-state index contributed by atoms with van der Waals surface area (Å²) < 4.78 is 0. The highest BCUT2D eigenvalue weighted by Gasteiger charge is 1.95. The Morgan fingerprint density at radius 1 is 1.00 bits per heavy atom. The molecule has 0 radical (unpaired) electrons. The molecule has 0 heterocycles. The molecule has 0 aromatic carbocycles. The second-order valence-electron chi connectivity index (χ2n) is 3.01. The van der Waals surface area contributed by atoms with Gasteiger partial charge in [-0.3, -0.25) is 0 Å². The molecule has 0 rings (SSSR count). The summed E-state index contributed by atoms with van der Waals surface area (Å²) in [6, 6.07) is 0. The van der Waals surface area contributed by atoms with Crippen molar-refractivity contribution in [1.82, 2.24) is 0 Å². The quantitative estimate of drug-likeness (QED) is 0.511. The van der Waals surface area contributed by atoms with E-state index < -0.39 is 0 Å². The Hall–Kier alpha value is 0. The van der Waals surface area contributed by atoms with Gasteiger partial charge in [0.1, 0.15) is 0 Å². The van der Waals surface area contributed by atoms with Gasteiger partial charge in [-0.2, -0.15) is 0 Å². The van der Waals surface area contributed by atoms with E-state index in [-0.39, 0.29) is 0 Å². The molecular formula is C11H26. The summed E-state index contributed by atoms with van der Waals surface area (Å²) in [4.78, 5) is 0. The molecule has 0 saturated heterocycles. The van der Waals surface area contributed by atoms with Gasteiger partial charge in [0.15, 0.2) is 0 Å². The van der Waals surface area contributed by atoms with Gasteiger partial charge in [-0.25, -0.2) is 0 Å². The summed E-state index contributed by atoms with van der Waals surface area (Å²) >= 11 is 0. The molecule has 0 fully saturated rings. The molecule has 1 atom stereocenters. The zero-order valence-corrected chi connectivity index (χ0v) is 9.11. The highest BCUT2D eigenvalue weighted by Crippen LogP contribution is 2.11. The Kier molecular flexibility index (Phi) is 15.6. The maximum absolute atomic E-state index is 2.34. The molecular weight excluding hydrogens is 132 g/mol.